The Bertz CT molecular complexity index is 1180. The molecule has 0 saturated heterocycles. The van der Waals surface area contributed by atoms with Crippen LogP contribution in [0.1, 0.15) is 11.1 Å². The summed E-state index contributed by atoms with van der Waals surface area (Å²) in [6.45, 7) is 1.49. The number of anilines is 1. The first-order valence-electron chi connectivity index (χ1n) is 9.22. The van der Waals surface area contributed by atoms with Crippen molar-refractivity contribution < 1.29 is 13.2 Å². The lowest BCUT2D eigenvalue weighted by Crippen LogP contribution is -2.37. The number of rotatable bonds is 7. The Morgan fingerprint density at radius 2 is 1.55 bits per heavy atom. The lowest BCUT2D eigenvalue weighted by molar-refractivity contribution is -0.116. The van der Waals surface area contributed by atoms with E-state index in [4.69, 9.17) is 34.8 Å². The number of nitrogens with one attached hydrogen (secondary N) is 1. The summed E-state index contributed by atoms with van der Waals surface area (Å²) in [6.07, 6.45) is 0. The maximum absolute atomic E-state index is 13.3. The number of hydrogen-bond acceptors (Lipinski definition) is 3. The second-order valence-electron chi connectivity index (χ2n) is 6.86. The zero-order chi connectivity index (χ0) is 22.6. The number of carbonyl (C=O) groups is 1. The summed E-state index contributed by atoms with van der Waals surface area (Å²) in [5.41, 5.74) is 1.96. The molecule has 0 atom stereocenters. The molecule has 3 aromatic carbocycles. The number of sulfonamides is 1. The van der Waals surface area contributed by atoms with E-state index in [0.29, 0.717) is 5.02 Å². The van der Waals surface area contributed by atoms with Crippen LogP contribution in [0.15, 0.2) is 71.6 Å². The molecule has 0 bridgehead atoms. The van der Waals surface area contributed by atoms with E-state index in [1.807, 2.05) is 25.1 Å². The quantitative estimate of drug-likeness (QED) is 0.449. The molecule has 0 aromatic heterocycles. The van der Waals surface area contributed by atoms with Gasteiger partial charge in [-0.25, -0.2) is 8.42 Å². The second kappa shape index (κ2) is 10.0. The van der Waals surface area contributed by atoms with Gasteiger partial charge < -0.3 is 5.32 Å². The molecular formula is C22H19Cl3N2O3S. The fourth-order valence-electron chi connectivity index (χ4n) is 2.95. The van der Waals surface area contributed by atoms with E-state index in [2.05, 4.69) is 5.32 Å². The van der Waals surface area contributed by atoms with Crippen molar-refractivity contribution in [2.75, 3.05) is 11.9 Å². The minimum absolute atomic E-state index is 0.0102. The zero-order valence-corrected chi connectivity index (χ0v) is 19.6. The van der Waals surface area contributed by atoms with Crippen molar-refractivity contribution in [1.29, 1.82) is 0 Å². The molecule has 0 aliphatic rings. The highest BCUT2D eigenvalue weighted by atomic mass is 35.5. The van der Waals surface area contributed by atoms with Crippen molar-refractivity contribution in [1.82, 2.24) is 4.31 Å². The van der Waals surface area contributed by atoms with Crippen LogP contribution in [0.5, 0.6) is 0 Å². The molecule has 3 aromatic rings. The first kappa shape index (κ1) is 23.6. The lowest BCUT2D eigenvalue weighted by atomic mass is 10.1. The molecule has 0 spiro atoms. The summed E-state index contributed by atoms with van der Waals surface area (Å²) in [7, 11) is -3.99. The molecule has 0 fully saturated rings. The van der Waals surface area contributed by atoms with Gasteiger partial charge in [0.1, 0.15) is 0 Å². The summed E-state index contributed by atoms with van der Waals surface area (Å²) in [4.78, 5) is 12.8. The largest absolute Gasteiger partial charge is 0.322 e. The van der Waals surface area contributed by atoms with Gasteiger partial charge in [0, 0.05) is 11.6 Å². The molecule has 162 valence electrons. The SMILES string of the molecule is Cc1cccc(CN(CC(=O)Nc2c(Cl)cccc2Cl)S(=O)(=O)c2ccc(Cl)cc2)c1. The van der Waals surface area contributed by atoms with E-state index in [9.17, 15) is 13.2 Å². The number of carbonyl (C=O) groups excluding carboxylic acids is 1. The van der Waals surface area contributed by atoms with Gasteiger partial charge >= 0.3 is 0 Å². The molecule has 0 saturated carbocycles. The van der Waals surface area contributed by atoms with Crippen molar-refractivity contribution in [2.45, 2.75) is 18.4 Å². The van der Waals surface area contributed by atoms with Gasteiger partial charge in [0.05, 0.1) is 27.2 Å². The average Bonchev–Trinajstić information content (AvgIpc) is 2.71. The van der Waals surface area contributed by atoms with E-state index in [1.54, 1.807) is 24.3 Å². The highest BCUT2D eigenvalue weighted by Crippen LogP contribution is 2.30. The summed E-state index contributed by atoms with van der Waals surface area (Å²) in [5, 5.41) is 3.53. The summed E-state index contributed by atoms with van der Waals surface area (Å²) in [5.74, 6) is -0.569. The van der Waals surface area contributed by atoms with Gasteiger partial charge in [0.25, 0.3) is 0 Å². The van der Waals surface area contributed by atoms with Crippen molar-refractivity contribution in [2.24, 2.45) is 0 Å². The average molecular weight is 498 g/mol. The lowest BCUT2D eigenvalue weighted by Gasteiger charge is -2.22. The van der Waals surface area contributed by atoms with Crippen LogP contribution in [0.3, 0.4) is 0 Å². The van der Waals surface area contributed by atoms with Crippen molar-refractivity contribution >= 4 is 56.4 Å². The van der Waals surface area contributed by atoms with E-state index in [0.717, 1.165) is 15.4 Å². The standard InChI is InChI=1S/C22H19Cl3N2O3S/c1-15-4-2-5-16(12-15)13-27(31(29,30)18-10-8-17(23)9-11-18)14-21(28)26-22-19(24)6-3-7-20(22)25/h2-12H,13-14H2,1H3,(H,26,28). The Labute approximate surface area is 196 Å². The van der Waals surface area contributed by atoms with Gasteiger partial charge in [-0.15, -0.1) is 0 Å². The normalized spacial score (nSPS) is 11.5. The maximum Gasteiger partial charge on any atom is 0.243 e. The smallest absolute Gasteiger partial charge is 0.243 e. The Kier molecular flexibility index (Phi) is 7.62. The minimum atomic E-state index is -3.99. The van der Waals surface area contributed by atoms with Gasteiger partial charge in [0.15, 0.2) is 0 Å². The van der Waals surface area contributed by atoms with Crippen LogP contribution >= 0.6 is 34.8 Å². The van der Waals surface area contributed by atoms with Gasteiger partial charge in [0.2, 0.25) is 15.9 Å². The highest BCUT2D eigenvalue weighted by Gasteiger charge is 2.27. The summed E-state index contributed by atoms with van der Waals surface area (Å²) in [6, 6.07) is 18.0. The van der Waals surface area contributed by atoms with E-state index in [-0.39, 0.29) is 27.2 Å². The van der Waals surface area contributed by atoms with E-state index >= 15 is 0 Å². The Morgan fingerprint density at radius 3 is 2.16 bits per heavy atom. The van der Waals surface area contributed by atoms with Crippen LogP contribution in [0.25, 0.3) is 0 Å². The van der Waals surface area contributed by atoms with Crippen molar-refractivity contribution in [3.63, 3.8) is 0 Å². The zero-order valence-electron chi connectivity index (χ0n) is 16.5. The summed E-state index contributed by atoms with van der Waals surface area (Å²) < 4.78 is 27.7. The van der Waals surface area contributed by atoms with Gasteiger partial charge in [-0.3, -0.25) is 4.79 Å². The highest BCUT2D eigenvalue weighted by molar-refractivity contribution is 7.89. The number of amides is 1. The third-order valence-electron chi connectivity index (χ3n) is 4.44. The van der Waals surface area contributed by atoms with Crippen LogP contribution in [-0.4, -0.2) is 25.2 Å². The third kappa shape index (κ3) is 5.99. The van der Waals surface area contributed by atoms with Crippen LogP contribution in [0.2, 0.25) is 15.1 Å². The predicted octanol–water partition coefficient (Wildman–Crippen LogP) is 5.78. The molecule has 5 nitrogen and oxygen atoms in total. The molecule has 0 radical (unpaired) electrons. The number of halogens is 3. The maximum atomic E-state index is 13.3. The molecule has 9 heteroatoms. The molecule has 1 N–H and O–H groups in total. The Morgan fingerprint density at radius 1 is 0.935 bits per heavy atom. The molecule has 1 amide bonds. The number of hydrogen-bond donors (Lipinski definition) is 1. The second-order valence-corrected chi connectivity index (χ2v) is 10.0. The predicted molar refractivity (Wildman–Crippen MR) is 125 cm³/mol. The Balaban J connectivity index is 1.91. The van der Waals surface area contributed by atoms with Gasteiger partial charge in [-0.2, -0.15) is 4.31 Å². The molecule has 0 unspecified atom stereocenters. The molecule has 0 aliphatic carbocycles. The van der Waals surface area contributed by atoms with Crippen LogP contribution < -0.4 is 5.32 Å². The van der Waals surface area contributed by atoms with Crippen molar-refractivity contribution in [3.05, 3.63) is 92.9 Å². The number of aryl methyl sites for hydroxylation is 1. The molecule has 0 heterocycles. The number of benzene rings is 3. The van der Waals surface area contributed by atoms with Crippen LogP contribution in [0, 0.1) is 6.92 Å². The van der Waals surface area contributed by atoms with Crippen molar-refractivity contribution in [3.8, 4) is 0 Å². The van der Waals surface area contributed by atoms with Crippen LogP contribution in [-0.2, 0) is 21.4 Å². The first-order chi connectivity index (χ1) is 14.7. The fraction of sp³-hybridized carbons (Fsp3) is 0.136. The molecule has 0 aliphatic heterocycles. The molecule has 3 rings (SSSR count). The van der Waals surface area contributed by atoms with Gasteiger partial charge in [-0.1, -0.05) is 70.7 Å². The summed E-state index contributed by atoms with van der Waals surface area (Å²) >= 11 is 18.1. The van der Waals surface area contributed by atoms with E-state index < -0.39 is 22.5 Å². The third-order valence-corrected chi connectivity index (χ3v) is 7.13. The van der Waals surface area contributed by atoms with Gasteiger partial charge in [-0.05, 0) is 48.9 Å². The van der Waals surface area contributed by atoms with Crippen LogP contribution in [0.4, 0.5) is 5.69 Å². The molecular weight excluding hydrogens is 479 g/mol. The first-order valence-corrected chi connectivity index (χ1v) is 11.8. The number of nitrogens with zero attached hydrogens (tertiary/aromatic N) is 1. The fourth-order valence-corrected chi connectivity index (χ4v) is 4.95. The minimum Gasteiger partial charge on any atom is -0.322 e. The van der Waals surface area contributed by atoms with E-state index in [1.165, 1.54) is 24.3 Å². The Hall–Kier alpha value is -2.09. The molecule has 31 heavy (non-hydrogen) atoms. The monoisotopic (exact) mass is 496 g/mol. The number of para-hydroxylation sites is 1. The topological polar surface area (TPSA) is 66.5 Å².